The molecule has 0 aliphatic rings. The lowest BCUT2D eigenvalue weighted by atomic mass is 10.00. The van der Waals surface area contributed by atoms with Crippen LogP contribution in [0.3, 0.4) is 0 Å². The highest BCUT2D eigenvalue weighted by atomic mass is 32.2. The van der Waals surface area contributed by atoms with E-state index in [4.69, 9.17) is 0 Å². The number of sulfonamides is 1. The van der Waals surface area contributed by atoms with Crippen LogP contribution in [0.15, 0.2) is 76.6 Å². The third kappa shape index (κ3) is 4.60. The van der Waals surface area contributed by atoms with Crippen LogP contribution in [0.1, 0.15) is 17.2 Å². The van der Waals surface area contributed by atoms with Gasteiger partial charge in [-0.1, -0.05) is 36.4 Å². The summed E-state index contributed by atoms with van der Waals surface area (Å²) in [5.74, 6) is -0.386. The third-order valence-corrected chi connectivity index (χ3v) is 7.18. The van der Waals surface area contributed by atoms with Crippen LogP contribution in [-0.2, 0) is 14.8 Å². The van der Waals surface area contributed by atoms with E-state index < -0.39 is 10.0 Å². The van der Waals surface area contributed by atoms with Crippen LogP contribution in [0.25, 0.3) is 0 Å². The number of likely N-dealkylation sites (N-methyl/N-ethyl adjacent to an activating group) is 1. The summed E-state index contributed by atoms with van der Waals surface area (Å²) in [7, 11) is -2.27. The summed E-state index contributed by atoms with van der Waals surface area (Å²) in [5.41, 5.74) is 1.77. The van der Waals surface area contributed by atoms with Crippen molar-refractivity contribution in [1.29, 1.82) is 0 Å². The largest absolute Gasteiger partial charge is 0.344 e. The lowest BCUT2D eigenvalue weighted by Crippen LogP contribution is -2.39. The minimum Gasteiger partial charge on any atom is -0.344 e. The van der Waals surface area contributed by atoms with E-state index in [1.54, 1.807) is 23.8 Å². The third-order valence-electron chi connectivity index (χ3n) is 4.00. The molecule has 6 nitrogen and oxygen atoms in total. The smallest absolute Gasteiger partial charge is 0.252 e. The lowest BCUT2D eigenvalue weighted by molar-refractivity contribution is -0.121. The van der Waals surface area contributed by atoms with Gasteiger partial charge < -0.3 is 5.32 Å². The van der Waals surface area contributed by atoms with Gasteiger partial charge in [0.2, 0.25) is 5.91 Å². The Kier molecular flexibility index (Phi) is 6.00. The summed E-state index contributed by atoms with van der Waals surface area (Å²) in [6, 6.07) is 16.0. The number of carbonyl (C=O) groups is 1. The van der Waals surface area contributed by atoms with Crippen molar-refractivity contribution in [2.75, 3.05) is 13.6 Å². The van der Waals surface area contributed by atoms with Gasteiger partial charge in [-0.2, -0.15) is 4.31 Å². The van der Waals surface area contributed by atoms with Gasteiger partial charge in [0.1, 0.15) is 4.21 Å². The molecule has 0 radical (unpaired) electrons. The monoisotopic (exact) mass is 401 g/mol. The first-order chi connectivity index (χ1) is 13.0. The van der Waals surface area contributed by atoms with E-state index in [1.165, 1.54) is 13.1 Å². The molecule has 1 atom stereocenters. The van der Waals surface area contributed by atoms with Gasteiger partial charge in [-0.3, -0.25) is 9.78 Å². The van der Waals surface area contributed by atoms with Gasteiger partial charge >= 0.3 is 0 Å². The fourth-order valence-corrected chi connectivity index (χ4v) is 4.95. The maximum absolute atomic E-state index is 12.6. The van der Waals surface area contributed by atoms with E-state index in [0.717, 1.165) is 26.8 Å². The van der Waals surface area contributed by atoms with Crippen LogP contribution in [-0.4, -0.2) is 37.2 Å². The fraction of sp³-hybridized carbons (Fsp3) is 0.158. The first kappa shape index (κ1) is 19.2. The van der Waals surface area contributed by atoms with Gasteiger partial charge in [0.25, 0.3) is 10.0 Å². The molecule has 0 saturated heterocycles. The van der Waals surface area contributed by atoms with E-state index in [2.05, 4.69) is 10.3 Å². The van der Waals surface area contributed by atoms with Crippen molar-refractivity contribution < 1.29 is 13.2 Å². The second kappa shape index (κ2) is 8.43. The summed E-state index contributed by atoms with van der Waals surface area (Å²) in [4.78, 5) is 16.6. The number of carbonyl (C=O) groups excluding carboxylic acids is 1. The molecule has 1 amide bonds. The van der Waals surface area contributed by atoms with Gasteiger partial charge in [-0.05, 0) is 34.7 Å². The normalized spacial score (nSPS) is 12.7. The van der Waals surface area contributed by atoms with Crippen molar-refractivity contribution in [3.8, 4) is 0 Å². The van der Waals surface area contributed by atoms with E-state index >= 15 is 0 Å². The average molecular weight is 402 g/mol. The predicted octanol–water partition coefficient (Wildman–Crippen LogP) is 2.67. The standard InChI is InChI=1S/C19H19N3O3S2/c1-22(27(24,25)18-8-5-13-26-18)14-17(23)21-19(15-6-3-2-4-7-15)16-9-11-20-12-10-16/h2-13,19H,14H2,1H3,(H,21,23). The van der Waals surface area contributed by atoms with Gasteiger partial charge in [-0.25, -0.2) is 8.42 Å². The summed E-state index contributed by atoms with van der Waals surface area (Å²) < 4.78 is 26.3. The number of nitrogens with one attached hydrogen (secondary N) is 1. The van der Waals surface area contributed by atoms with Gasteiger partial charge in [0, 0.05) is 19.4 Å². The number of thiophene rings is 1. The summed E-state index contributed by atoms with van der Waals surface area (Å²) in [6.45, 7) is -0.269. The maximum Gasteiger partial charge on any atom is 0.252 e. The number of pyridine rings is 1. The number of hydrogen-bond acceptors (Lipinski definition) is 5. The fourth-order valence-electron chi connectivity index (χ4n) is 2.62. The van der Waals surface area contributed by atoms with Crippen molar-refractivity contribution in [2.24, 2.45) is 0 Å². The van der Waals surface area contributed by atoms with Crippen molar-refractivity contribution in [2.45, 2.75) is 10.3 Å². The van der Waals surface area contributed by atoms with Crippen LogP contribution in [0, 0.1) is 0 Å². The van der Waals surface area contributed by atoms with E-state index in [9.17, 15) is 13.2 Å². The molecule has 2 heterocycles. The van der Waals surface area contributed by atoms with E-state index in [-0.39, 0.29) is 22.7 Å². The lowest BCUT2D eigenvalue weighted by Gasteiger charge is -2.22. The van der Waals surface area contributed by atoms with Crippen LogP contribution in [0.4, 0.5) is 0 Å². The Morgan fingerprint density at radius 3 is 2.37 bits per heavy atom. The zero-order valence-electron chi connectivity index (χ0n) is 14.6. The van der Waals surface area contributed by atoms with Crippen LogP contribution >= 0.6 is 11.3 Å². The van der Waals surface area contributed by atoms with Crippen LogP contribution < -0.4 is 5.32 Å². The molecular weight excluding hydrogens is 382 g/mol. The number of aromatic nitrogens is 1. The van der Waals surface area contributed by atoms with Crippen molar-refractivity contribution >= 4 is 27.3 Å². The molecule has 140 valence electrons. The molecule has 0 saturated carbocycles. The van der Waals surface area contributed by atoms with Crippen molar-refractivity contribution in [3.63, 3.8) is 0 Å². The molecule has 3 rings (SSSR count). The number of benzene rings is 1. The van der Waals surface area contributed by atoms with Gasteiger partial charge in [-0.15, -0.1) is 11.3 Å². The molecule has 0 aliphatic carbocycles. The quantitative estimate of drug-likeness (QED) is 0.660. The molecule has 27 heavy (non-hydrogen) atoms. The minimum absolute atomic E-state index is 0.214. The second-order valence-corrected chi connectivity index (χ2v) is 9.10. The van der Waals surface area contributed by atoms with Crippen LogP contribution in [0.2, 0.25) is 0 Å². The Morgan fingerprint density at radius 2 is 1.74 bits per heavy atom. The summed E-state index contributed by atoms with van der Waals surface area (Å²) >= 11 is 1.12. The second-order valence-electron chi connectivity index (χ2n) is 5.88. The molecule has 0 aliphatic heterocycles. The molecule has 0 spiro atoms. The molecule has 0 fully saturated rings. The Balaban J connectivity index is 1.77. The first-order valence-corrected chi connectivity index (χ1v) is 10.5. The van der Waals surface area contributed by atoms with Crippen molar-refractivity contribution in [1.82, 2.24) is 14.6 Å². The molecule has 1 unspecified atom stereocenters. The first-order valence-electron chi connectivity index (χ1n) is 8.22. The predicted molar refractivity (Wildman–Crippen MR) is 105 cm³/mol. The molecule has 2 aromatic heterocycles. The maximum atomic E-state index is 12.6. The molecular formula is C19H19N3O3S2. The minimum atomic E-state index is -3.67. The molecule has 3 aromatic rings. The van der Waals surface area contributed by atoms with Gasteiger partial charge in [0.15, 0.2) is 0 Å². The highest BCUT2D eigenvalue weighted by Gasteiger charge is 2.25. The number of hydrogen-bond donors (Lipinski definition) is 1. The number of rotatable bonds is 7. The SMILES string of the molecule is CN(CC(=O)NC(c1ccccc1)c1ccncc1)S(=O)(=O)c1cccs1. The van der Waals surface area contributed by atoms with Gasteiger partial charge in [0.05, 0.1) is 12.6 Å². The van der Waals surface area contributed by atoms with E-state index in [0.29, 0.717) is 0 Å². The number of amides is 1. The summed E-state index contributed by atoms with van der Waals surface area (Å²) in [5, 5.41) is 4.62. The molecule has 8 heteroatoms. The highest BCUT2D eigenvalue weighted by molar-refractivity contribution is 7.91. The van der Waals surface area contributed by atoms with Crippen molar-refractivity contribution in [3.05, 3.63) is 83.5 Å². The Labute approximate surface area is 162 Å². The topological polar surface area (TPSA) is 79.4 Å². The van der Waals surface area contributed by atoms with E-state index in [1.807, 2.05) is 42.5 Å². The average Bonchev–Trinajstić information content (AvgIpc) is 3.23. The Hall–Kier alpha value is -2.55. The zero-order valence-corrected chi connectivity index (χ0v) is 16.3. The molecule has 1 N–H and O–H groups in total. The highest BCUT2D eigenvalue weighted by Crippen LogP contribution is 2.22. The van der Waals surface area contributed by atoms with Crippen LogP contribution in [0.5, 0.6) is 0 Å². The zero-order chi connectivity index (χ0) is 19.3. The number of nitrogens with zero attached hydrogens (tertiary/aromatic N) is 2. The Morgan fingerprint density at radius 1 is 1.07 bits per heavy atom. The Bertz CT molecular complexity index is 936. The molecule has 0 bridgehead atoms. The summed E-state index contributed by atoms with van der Waals surface area (Å²) in [6.07, 6.45) is 3.32. The molecule has 1 aromatic carbocycles.